The Balaban J connectivity index is 1.77. The monoisotopic (exact) mass is 491 g/mol. The number of carbonyl (C=O) groups is 4. The van der Waals surface area contributed by atoms with Crippen LogP contribution in [0.3, 0.4) is 0 Å². The summed E-state index contributed by atoms with van der Waals surface area (Å²) in [4.78, 5) is 52.2. The van der Waals surface area contributed by atoms with Crippen LogP contribution < -0.4 is 10.6 Å². The van der Waals surface area contributed by atoms with E-state index >= 15 is 0 Å². The topological polar surface area (TPSA) is 125 Å². The number of hydrogen-bond acceptors (Lipinski definition) is 6. The fourth-order valence-corrected chi connectivity index (χ4v) is 5.30. The molecule has 12 heteroatoms. The van der Waals surface area contributed by atoms with Crippen molar-refractivity contribution in [1.82, 2.24) is 15.5 Å². The molecule has 3 aliphatic rings. The van der Waals surface area contributed by atoms with Crippen LogP contribution in [0.25, 0.3) is 0 Å². The number of amides is 3. The van der Waals surface area contributed by atoms with Crippen molar-refractivity contribution in [3.05, 3.63) is 0 Å². The van der Waals surface area contributed by atoms with Crippen LogP contribution >= 0.6 is 0 Å². The van der Waals surface area contributed by atoms with Gasteiger partial charge < -0.3 is 20.6 Å². The number of Topliss-reactive ketones (excluding diaryl/α,β-unsaturated/α-hetero) is 1. The number of rotatable bonds is 9. The highest BCUT2D eigenvalue weighted by Crippen LogP contribution is 2.40. The smallest absolute Gasteiger partial charge is 0.383 e. The minimum absolute atomic E-state index is 0.0702. The van der Waals surface area contributed by atoms with Crippen LogP contribution in [0.5, 0.6) is 0 Å². The van der Waals surface area contributed by atoms with Crippen LogP contribution in [-0.4, -0.2) is 77.3 Å². The van der Waals surface area contributed by atoms with Gasteiger partial charge in [0.05, 0.1) is 6.04 Å². The Labute approximate surface area is 195 Å². The third kappa shape index (κ3) is 6.26. The lowest BCUT2D eigenvalue weighted by atomic mass is 9.84. The average Bonchev–Trinajstić information content (AvgIpc) is 3.38. The molecule has 9 nitrogen and oxygen atoms in total. The first kappa shape index (κ1) is 26.4. The zero-order valence-electron chi connectivity index (χ0n) is 19.1. The van der Waals surface area contributed by atoms with Crippen molar-refractivity contribution in [3.8, 4) is 0 Å². The largest absolute Gasteiger partial charge is 0.522 e. The maximum atomic E-state index is 13.3. The summed E-state index contributed by atoms with van der Waals surface area (Å²) in [6, 6.07) is -2.53. The summed E-state index contributed by atoms with van der Waals surface area (Å²) in [7, 11) is 0. The molecular formula is C22H32F3N3O6. The van der Waals surface area contributed by atoms with Gasteiger partial charge in [0.15, 0.2) is 5.78 Å². The second kappa shape index (κ2) is 11.0. The van der Waals surface area contributed by atoms with Crippen molar-refractivity contribution < 1.29 is 42.2 Å². The van der Waals surface area contributed by atoms with Gasteiger partial charge in [-0.05, 0) is 44.4 Å². The van der Waals surface area contributed by atoms with Crippen LogP contribution in [0.2, 0.25) is 0 Å². The molecule has 0 aromatic carbocycles. The minimum Gasteiger partial charge on any atom is -0.383 e. The predicted molar refractivity (Wildman–Crippen MR) is 112 cm³/mol. The molecule has 34 heavy (non-hydrogen) atoms. The first-order valence-electron chi connectivity index (χ1n) is 11.8. The molecule has 5 unspecified atom stereocenters. The molecule has 0 bridgehead atoms. The quantitative estimate of drug-likeness (QED) is 0.443. The maximum Gasteiger partial charge on any atom is 0.522 e. The number of aliphatic hydroxyl groups excluding tert-OH is 1. The Morgan fingerprint density at radius 2 is 1.94 bits per heavy atom. The summed E-state index contributed by atoms with van der Waals surface area (Å²) in [5.41, 5.74) is 0. The maximum absolute atomic E-state index is 13.3. The van der Waals surface area contributed by atoms with Gasteiger partial charge in [0.2, 0.25) is 11.8 Å². The molecule has 0 spiro atoms. The highest BCUT2D eigenvalue weighted by atomic mass is 19.4. The van der Waals surface area contributed by atoms with Crippen LogP contribution in [0.1, 0.15) is 58.3 Å². The fraction of sp³-hybridized carbons (Fsp3) is 0.818. The number of fused-ring (bicyclic) bond motifs is 1. The van der Waals surface area contributed by atoms with E-state index in [2.05, 4.69) is 15.4 Å². The SMILES string of the molecule is CC[C@@H](O)C(=O)N1C(C(=O)NC(CC2CCNC2=O)C(=O)COC(F)(F)F)CC2CCCCC21. The van der Waals surface area contributed by atoms with Crippen molar-refractivity contribution in [2.24, 2.45) is 11.8 Å². The zero-order valence-corrected chi connectivity index (χ0v) is 19.1. The van der Waals surface area contributed by atoms with E-state index in [1.54, 1.807) is 6.92 Å². The summed E-state index contributed by atoms with van der Waals surface area (Å²) >= 11 is 0. The molecule has 3 amide bonds. The van der Waals surface area contributed by atoms with E-state index in [1.165, 1.54) is 4.90 Å². The predicted octanol–water partition coefficient (Wildman–Crippen LogP) is 1.03. The molecule has 0 aromatic rings. The van der Waals surface area contributed by atoms with E-state index < -0.39 is 54.7 Å². The molecule has 2 saturated heterocycles. The molecule has 3 fully saturated rings. The number of hydrogen-bond donors (Lipinski definition) is 3. The summed E-state index contributed by atoms with van der Waals surface area (Å²) in [5.74, 6) is -3.14. The van der Waals surface area contributed by atoms with Crippen LogP contribution in [0, 0.1) is 11.8 Å². The molecule has 1 saturated carbocycles. The van der Waals surface area contributed by atoms with Crippen molar-refractivity contribution in [1.29, 1.82) is 0 Å². The molecule has 0 aromatic heterocycles. The van der Waals surface area contributed by atoms with Gasteiger partial charge in [-0.25, -0.2) is 0 Å². The van der Waals surface area contributed by atoms with Gasteiger partial charge in [-0.2, -0.15) is 0 Å². The van der Waals surface area contributed by atoms with Gasteiger partial charge in [0, 0.05) is 18.5 Å². The highest BCUT2D eigenvalue weighted by molar-refractivity contribution is 5.95. The summed E-state index contributed by atoms with van der Waals surface area (Å²) in [6.45, 7) is 0.727. The lowest BCUT2D eigenvalue weighted by Gasteiger charge is -2.35. The third-order valence-electron chi connectivity index (χ3n) is 7.08. The van der Waals surface area contributed by atoms with Gasteiger partial charge >= 0.3 is 6.36 Å². The number of ether oxygens (including phenoxy) is 1. The second-order valence-electron chi connectivity index (χ2n) is 9.31. The van der Waals surface area contributed by atoms with Crippen molar-refractivity contribution in [3.63, 3.8) is 0 Å². The summed E-state index contributed by atoms with van der Waals surface area (Å²) < 4.78 is 41.1. The number of nitrogens with one attached hydrogen (secondary N) is 2. The van der Waals surface area contributed by atoms with Gasteiger partial charge in [-0.15, -0.1) is 13.2 Å². The van der Waals surface area contributed by atoms with Gasteiger partial charge in [0.1, 0.15) is 18.8 Å². The van der Waals surface area contributed by atoms with E-state index in [0.717, 1.165) is 19.3 Å². The van der Waals surface area contributed by atoms with E-state index in [0.29, 0.717) is 25.8 Å². The van der Waals surface area contributed by atoms with Gasteiger partial charge in [0.25, 0.3) is 5.91 Å². The standard InChI is InChI=1S/C22H32F3N3O6/c1-2-17(29)21(33)28-15-6-4-3-5-12(15)10-16(28)20(32)27-14(9-13-7-8-26-19(13)31)18(30)11-34-22(23,24)25/h12-17,29H,2-11H2,1H3,(H,26,31)(H,27,32)/t12?,13?,14?,15?,16?,17-/m1/s1. The highest BCUT2D eigenvalue weighted by Gasteiger charge is 2.49. The molecule has 2 aliphatic heterocycles. The van der Waals surface area contributed by atoms with Crippen LogP contribution in [0.4, 0.5) is 13.2 Å². The molecule has 2 heterocycles. The Morgan fingerprint density at radius 1 is 1.24 bits per heavy atom. The number of halogens is 3. The second-order valence-corrected chi connectivity index (χ2v) is 9.31. The molecule has 6 atom stereocenters. The first-order valence-corrected chi connectivity index (χ1v) is 11.8. The molecular weight excluding hydrogens is 459 g/mol. The van der Waals surface area contributed by atoms with Crippen molar-refractivity contribution in [2.75, 3.05) is 13.2 Å². The molecule has 192 valence electrons. The normalized spacial score (nSPS) is 28.7. The average molecular weight is 492 g/mol. The van der Waals surface area contributed by atoms with Crippen molar-refractivity contribution in [2.45, 2.75) is 88.9 Å². The number of carbonyl (C=O) groups excluding carboxylic acids is 4. The zero-order chi connectivity index (χ0) is 25.0. The van der Waals surface area contributed by atoms with Crippen LogP contribution in [0.15, 0.2) is 0 Å². The number of likely N-dealkylation sites (tertiary alicyclic amines) is 1. The molecule has 0 radical (unpaired) electrons. The Kier molecular flexibility index (Phi) is 8.56. The van der Waals surface area contributed by atoms with E-state index in [1.807, 2.05) is 0 Å². The number of alkyl halides is 3. The number of aliphatic hydroxyl groups is 1. The number of nitrogens with zero attached hydrogens (tertiary/aromatic N) is 1. The first-order chi connectivity index (χ1) is 16.0. The fourth-order valence-electron chi connectivity index (χ4n) is 5.30. The third-order valence-corrected chi connectivity index (χ3v) is 7.08. The Hall–Kier alpha value is -2.21. The Bertz CT molecular complexity index is 792. The number of ketones is 1. The van der Waals surface area contributed by atoms with E-state index in [4.69, 9.17) is 0 Å². The van der Waals surface area contributed by atoms with Gasteiger partial charge in [-0.3, -0.25) is 23.9 Å². The molecule has 3 N–H and O–H groups in total. The van der Waals surface area contributed by atoms with Crippen molar-refractivity contribution >= 4 is 23.5 Å². The van der Waals surface area contributed by atoms with Gasteiger partial charge in [-0.1, -0.05) is 19.8 Å². The summed E-state index contributed by atoms with van der Waals surface area (Å²) in [5, 5.41) is 15.3. The van der Waals surface area contributed by atoms with E-state index in [9.17, 15) is 37.5 Å². The summed E-state index contributed by atoms with van der Waals surface area (Å²) in [6.07, 6.45) is -2.18. The van der Waals surface area contributed by atoms with Crippen LogP contribution in [-0.2, 0) is 23.9 Å². The Morgan fingerprint density at radius 3 is 2.56 bits per heavy atom. The minimum atomic E-state index is -5.02. The lowest BCUT2D eigenvalue weighted by Crippen LogP contribution is -2.55. The lowest BCUT2D eigenvalue weighted by molar-refractivity contribution is -0.321. The molecule has 3 rings (SSSR count). The van der Waals surface area contributed by atoms with E-state index in [-0.39, 0.29) is 30.7 Å². The molecule has 1 aliphatic carbocycles.